The minimum absolute atomic E-state index is 0.208. The topological polar surface area (TPSA) is 70.7 Å². The minimum Gasteiger partial charge on any atom is -0.342 e. The van der Waals surface area contributed by atoms with E-state index in [1.165, 1.54) is 0 Å². The number of H-pyrrole nitrogens is 1. The largest absolute Gasteiger partial charge is 0.342 e. The zero-order chi connectivity index (χ0) is 17.8. The van der Waals surface area contributed by atoms with E-state index in [1.807, 2.05) is 42.5 Å². The summed E-state index contributed by atoms with van der Waals surface area (Å²) in [5, 5.41) is 2.89. The number of para-hydroxylation sites is 2. The number of nitrogens with zero attached hydrogens (tertiary/aromatic N) is 2. The number of imidazole rings is 1. The third-order valence-electron chi connectivity index (χ3n) is 4.17. The molecule has 26 heavy (non-hydrogen) atoms. The van der Waals surface area contributed by atoms with Gasteiger partial charge in [-0.1, -0.05) is 30.3 Å². The van der Waals surface area contributed by atoms with Crippen molar-refractivity contribution in [2.75, 3.05) is 5.32 Å². The third-order valence-corrected chi connectivity index (χ3v) is 4.17. The van der Waals surface area contributed by atoms with Crippen LogP contribution in [0.15, 0.2) is 72.9 Å². The Morgan fingerprint density at radius 3 is 2.69 bits per heavy atom. The van der Waals surface area contributed by atoms with Crippen LogP contribution in [-0.4, -0.2) is 20.9 Å². The molecule has 0 saturated carbocycles. The Bertz CT molecular complexity index is 1010. The number of hydrogen-bond acceptors (Lipinski definition) is 3. The van der Waals surface area contributed by atoms with E-state index in [0.29, 0.717) is 5.69 Å². The van der Waals surface area contributed by atoms with Gasteiger partial charge in [0.2, 0.25) is 0 Å². The number of pyridine rings is 1. The second-order valence-corrected chi connectivity index (χ2v) is 6.07. The number of hydrogen-bond donors (Lipinski definition) is 2. The molecule has 5 nitrogen and oxygen atoms in total. The molecule has 2 N–H and O–H groups in total. The van der Waals surface area contributed by atoms with Crippen molar-refractivity contribution in [3.05, 3.63) is 90.0 Å². The Labute approximate surface area is 151 Å². The lowest BCUT2D eigenvalue weighted by molar-refractivity contribution is 0.102. The van der Waals surface area contributed by atoms with E-state index in [0.717, 1.165) is 41.0 Å². The summed E-state index contributed by atoms with van der Waals surface area (Å²) in [4.78, 5) is 24.2. The summed E-state index contributed by atoms with van der Waals surface area (Å²) < 4.78 is 0. The number of anilines is 1. The normalized spacial score (nSPS) is 10.8. The maximum Gasteiger partial charge on any atom is 0.274 e. The molecule has 2 aromatic heterocycles. The van der Waals surface area contributed by atoms with E-state index in [-0.39, 0.29) is 5.91 Å². The highest BCUT2D eigenvalue weighted by molar-refractivity contribution is 6.02. The molecule has 0 aliphatic rings. The molecule has 128 valence electrons. The molecule has 4 rings (SSSR count). The average molecular weight is 342 g/mol. The lowest BCUT2D eigenvalue weighted by Crippen LogP contribution is -2.13. The zero-order valence-corrected chi connectivity index (χ0v) is 14.1. The number of carbonyl (C=O) groups is 1. The number of nitrogens with one attached hydrogen (secondary N) is 2. The van der Waals surface area contributed by atoms with Crippen LogP contribution < -0.4 is 5.32 Å². The predicted molar refractivity (Wildman–Crippen MR) is 102 cm³/mol. The van der Waals surface area contributed by atoms with Crippen LogP contribution in [0.4, 0.5) is 5.69 Å². The van der Waals surface area contributed by atoms with Crippen LogP contribution in [0.2, 0.25) is 0 Å². The molecule has 0 aliphatic heterocycles. The summed E-state index contributed by atoms with van der Waals surface area (Å²) in [6, 6.07) is 21.2. The van der Waals surface area contributed by atoms with Gasteiger partial charge >= 0.3 is 0 Å². The molecule has 4 aromatic rings. The SMILES string of the molecule is O=C(Nc1cccc(CCc2nc3ccccc3[nH]2)c1)c1ccccn1. The van der Waals surface area contributed by atoms with Crippen LogP contribution in [0.5, 0.6) is 0 Å². The fourth-order valence-corrected chi connectivity index (χ4v) is 2.88. The van der Waals surface area contributed by atoms with E-state index in [9.17, 15) is 4.79 Å². The lowest BCUT2D eigenvalue weighted by atomic mass is 10.1. The predicted octanol–water partition coefficient (Wildman–Crippen LogP) is 4.00. The van der Waals surface area contributed by atoms with E-state index < -0.39 is 0 Å². The molecule has 0 bridgehead atoms. The average Bonchev–Trinajstić information content (AvgIpc) is 3.10. The van der Waals surface area contributed by atoms with Crippen LogP contribution >= 0.6 is 0 Å². The molecule has 2 heterocycles. The number of carbonyl (C=O) groups excluding carboxylic acids is 1. The Morgan fingerprint density at radius 2 is 1.85 bits per heavy atom. The molecule has 0 radical (unpaired) electrons. The van der Waals surface area contributed by atoms with Crippen molar-refractivity contribution in [3.63, 3.8) is 0 Å². The summed E-state index contributed by atoms with van der Waals surface area (Å²) in [6.45, 7) is 0. The first-order valence-corrected chi connectivity index (χ1v) is 8.53. The first kappa shape index (κ1) is 16.0. The molecule has 1 amide bonds. The molecule has 0 saturated heterocycles. The Hall–Kier alpha value is -3.47. The van der Waals surface area contributed by atoms with Gasteiger partial charge in [0.15, 0.2) is 0 Å². The Kier molecular flexibility index (Phi) is 4.43. The number of fused-ring (bicyclic) bond motifs is 1. The van der Waals surface area contributed by atoms with Crippen LogP contribution in [0.3, 0.4) is 0 Å². The zero-order valence-electron chi connectivity index (χ0n) is 14.1. The smallest absolute Gasteiger partial charge is 0.274 e. The fourth-order valence-electron chi connectivity index (χ4n) is 2.88. The highest BCUT2D eigenvalue weighted by Crippen LogP contribution is 2.15. The van der Waals surface area contributed by atoms with Gasteiger partial charge < -0.3 is 10.3 Å². The fraction of sp³-hybridized carbons (Fsp3) is 0.0952. The molecule has 0 unspecified atom stereocenters. The molecule has 0 atom stereocenters. The standard InChI is InChI=1S/C21H18N4O/c26-21(19-10-3-4-13-22-19)23-16-7-5-6-15(14-16)11-12-20-24-17-8-1-2-9-18(17)25-20/h1-10,13-14H,11-12H2,(H,23,26)(H,24,25). The minimum atomic E-state index is -0.208. The molecular weight excluding hydrogens is 324 g/mol. The van der Waals surface area contributed by atoms with Crippen LogP contribution in [0.1, 0.15) is 21.9 Å². The van der Waals surface area contributed by atoms with E-state index in [1.54, 1.807) is 24.4 Å². The second kappa shape index (κ2) is 7.19. The number of benzene rings is 2. The van der Waals surface area contributed by atoms with Crippen molar-refractivity contribution in [3.8, 4) is 0 Å². The van der Waals surface area contributed by atoms with Crippen molar-refractivity contribution in [2.45, 2.75) is 12.8 Å². The number of aryl methyl sites for hydroxylation is 2. The van der Waals surface area contributed by atoms with Gasteiger partial charge in [0.25, 0.3) is 5.91 Å². The van der Waals surface area contributed by atoms with Gasteiger partial charge in [-0.3, -0.25) is 9.78 Å². The molecule has 0 aliphatic carbocycles. The van der Waals surface area contributed by atoms with Crippen LogP contribution in [0.25, 0.3) is 11.0 Å². The highest BCUT2D eigenvalue weighted by atomic mass is 16.1. The molecule has 0 spiro atoms. The summed E-state index contributed by atoms with van der Waals surface area (Å²) >= 11 is 0. The lowest BCUT2D eigenvalue weighted by Gasteiger charge is -2.07. The van der Waals surface area contributed by atoms with Crippen molar-refractivity contribution < 1.29 is 4.79 Å². The summed E-state index contributed by atoms with van der Waals surface area (Å²) in [7, 11) is 0. The molecule has 5 heteroatoms. The molecular formula is C21H18N4O. The number of amides is 1. The summed E-state index contributed by atoms with van der Waals surface area (Å²) in [5.74, 6) is 0.758. The number of rotatable bonds is 5. The van der Waals surface area contributed by atoms with Crippen LogP contribution in [0, 0.1) is 0 Å². The van der Waals surface area contributed by atoms with Gasteiger partial charge in [0.05, 0.1) is 11.0 Å². The second-order valence-electron chi connectivity index (χ2n) is 6.07. The summed E-state index contributed by atoms with van der Waals surface area (Å²) in [6.07, 6.45) is 3.26. The van der Waals surface area contributed by atoms with E-state index >= 15 is 0 Å². The van der Waals surface area contributed by atoms with Crippen molar-refractivity contribution in [2.24, 2.45) is 0 Å². The van der Waals surface area contributed by atoms with Gasteiger partial charge in [-0.05, 0) is 48.4 Å². The van der Waals surface area contributed by atoms with Crippen molar-refractivity contribution in [1.82, 2.24) is 15.0 Å². The first-order valence-electron chi connectivity index (χ1n) is 8.53. The highest BCUT2D eigenvalue weighted by Gasteiger charge is 2.07. The number of aromatic nitrogens is 3. The third kappa shape index (κ3) is 3.62. The first-order chi connectivity index (χ1) is 12.8. The van der Waals surface area contributed by atoms with Gasteiger partial charge in [0.1, 0.15) is 11.5 Å². The maximum absolute atomic E-state index is 12.2. The van der Waals surface area contributed by atoms with Crippen molar-refractivity contribution >= 4 is 22.6 Å². The van der Waals surface area contributed by atoms with Crippen molar-refractivity contribution in [1.29, 1.82) is 0 Å². The number of aromatic amines is 1. The summed E-state index contributed by atoms with van der Waals surface area (Å²) in [5.41, 5.74) is 4.35. The Balaban J connectivity index is 1.43. The van der Waals surface area contributed by atoms with Gasteiger partial charge in [-0.15, -0.1) is 0 Å². The van der Waals surface area contributed by atoms with Crippen LogP contribution in [-0.2, 0) is 12.8 Å². The van der Waals surface area contributed by atoms with E-state index in [4.69, 9.17) is 0 Å². The monoisotopic (exact) mass is 342 g/mol. The van der Waals surface area contributed by atoms with E-state index in [2.05, 4.69) is 26.3 Å². The maximum atomic E-state index is 12.2. The Morgan fingerprint density at radius 1 is 0.962 bits per heavy atom. The quantitative estimate of drug-likeness (QED) is 0.576. The van der Waals surface area contributed by atoms with Gasteiger partial charge in [0, 0.05) is 18.3 Å². The molecule has 2 aromatic carbocycles. The molecule has 0 fully saturated rings. The van der Waals surface area contributed by atoms with Gasteiger partial charge in [-0.2, -0.15) is 0 Å². The van der Waals surface area contributed by atoms with Gasteiger partial charge in [-0.25, -0.2) is 4.98 Å².